The second kappa shape index (κ2) is 7.46. The Balaban J connectivity index is 2.14. The average Bonchev–Trinajstić information content (AvgIpc) is 2.94. The number of hydrogen-bond acceptors (Lipinski definition) is 4. The standard InChI is InChI=1S/C16H24N4O4/c1-18(8-4-5-14(22)23)16(24)12-6-7-13(21)20(3)15(12)11-9-17-19(2)10-11/h9-10,12,15H,4-8H2,1-3H3,(H,22,23)/t12-,15+/m0/s1. The van der Waals surface area contributed by atoms with Gasteiger partial charge in [-0.05, 0) is 12.8 Å². The SMILES string of the molecule is CN(CCCC(=O)O)C(=O)[C@H]1CCC(=O)N(C)[C@@H]1c1cnn(C)c1. The first-order valence-electron chi connectivity index (χ1n) is 8.02. The Morgan fingerprint density at radius 1 is 1.42 bits per heavy atom. The van der Waals surface area contributed by atoms with Crippen LogP contribution in [0, 0.1) is 5.92 Å². The molecule has 8 nitrogen and oxygen atoms in total. The molecule has 1 aromatic heterocycles. The van der Waals surface area contributed by atoms with Gasteiger partial charge in [-0.3, -0.25) is 19.1 Å². The summed E-state index contributed by atoms with van der Waals surface area (Å²) in [6.45, 7) is 0.388. The summed E-state index contributed by atoms with van der Waals surface area (Å²) in [7, 11) is 5.19. The van der Waals surface area contributed by atoms with Crippen LogP contribution in [-0.2, 0) is 21.4 Å². The molecule has 0 aliphatic carbocycles. The number of nitrogens with zero attached hydrogens (tertiary/aromatic N) is 4. The fraction of sp³-hybridized carbons (Fsp3) is 0.625. The lowest BCUT2D eigenvalue weighted by molar-refractivity contribution is -0.146. The number of rotatable bonds is 6. The molecule has 0 unspecified atom stereocenters. The minimum absolute atomic E-state index is 0.0152. The lowest BCUT2D eigenvalue weighted by atomic mass is 9.84. The third-order valence-electron chi connectivity index (χ3n) is 4.50. The van der Waals surface area contributed by atoms with E-state index >= 15 is 0 Å². The van der Waals surface area contributed by atoms with Gasteiger partial charge in [-0.2, -0.15) is 5.10 Å². The normalized spacial score (nSPS) is 21.0. The van der Waals surface area contributed by atoms with Crippen molar-refractivity contribution in [3.63, 3.8) is 0 Å². The number of carboxylic acids is 1. The summed E-state index contributed by atoms with van der Waals surface area (Å²) in [6.07, 6.45) is 4.79. The van der Waals surface area contributed by atoms with Crippen LogP contribution < -0.4 is 0 Å². The zero-order valence-electron chi connectivity index (χ0n) is 14.3. The molecular formula is C16H24N4O4. The quantitative estimate of drug-likeness (QED) is 0.823. The van der Waals surface area contributed by atoms with Crippen LogP contribution in [0.5, 0.6) is 0 Å². The molecule has 1 aliphatic heterocycles. The minimum Gasteiger partial charge on any atom is -0.481 e. The largest absolute Gasteiger partial charge is 0.481 e. The van der Waals surface area contributed by atoms with E-state index in [-0.39, 0.29) is 30.2 Å². The van der Waals surface area contributed by atoms with E-state index in [1.165, 1.54) is 0 Å². The van der Waals surface area contributed by atoms with E-state index in [1.807, 2.05) is 6.20 Å². The third-order valence-corrected chi connectivity index (χ3v) is 4.50. The van der Waals surface area contributed by atoms with Crippen LogP contribution in [0.1, 0.15) is 37.3 Å². The number of amides is 2. The maximum Gasteiger partial charge on any atom is 0.303 e. The van der Waals surface area contributed by atoms with Gasteiger partial charge in [-0.1, -0.05) is 0 Å². The van der Waals surface area contributed by atoms with Gasteiger partial charge in [0.15, 0.2) is 0 Å². The molecule has 2 atom stereocenters. The van der Waals surface area contributed by atoms with Gasteiger partial charge in [0.25, 0.3) is 0 Å². The molecule has 0 saturated carbocycles. The minimum atomic E-state index is -0.868. The first-order valence-corrected chi connectivity index (χ1v) is 8.02. The Hall–Kier alpha value is -2.38. The number of carbonyl (C=O) groups excluding carboxylic acids is 2. The van der Waals surface area contributed by atoms with Gasteiger partial charge in [-0.15, -0.1) is 0 Å². The summed E-state index contributed by atoms with van der Waals surface area (Å²) in [5.74, 6) is -1.26. The van der Waals surface area contributed by atoms with Crippen molar-refractivity contribution in [2.75, 3.05) is 20.6 Å². The lowest BCUT2D eigenvalue weighted by Crippen LogP contribution is -2.46. The van der Waals surface area contributed by atoms with Crippen LogP contribution in [0.15, 0.2) is 12.4 Å². The second-order valence-electron chi connectivity index (χ2n) is 6.30. The van der Waals surface area contributed by atoms with Crippen molar-refractivity contribution in [3.8, 4) is 0 Å². The van der Waals surface area contributed by atoms with E-state index in [0.717, 1.165) is 5.56 Å². The van der Waals surface area contributed by atoms with Crippen LogP contribution in [0.3, 0.4) is 0 Å². The first-order chi connectivity index (χ1) is 11.3. The Labute approximate surface area is 141 Å². The van der Waals surface area contributed by atoms with Crippen molar-refractivity contribution in [3.05, 3.63) is 18.0 Å². The zero-order valence-corrected chi connectivity index (χ0v) is 14.3. The number of carboxylic acid groups (broad SMARTS) is 1. The van der Waals surface area contributed by atoms with Crippen molar-refractivity contribution >= 4 is 17.8 Å². The van der Waals surface area contributed by atoms with Crippen LogP contribution in [0.25, 0.3) is 0 Å². The molecule has 0 spiro atoms. The summed E-state index contributed by atoms with van der Waals surface area (Å²) in [6, 6.07) is -0.339. The predicted octanol–water partition coefficient (Wildman–Crippen LogP) is 0.653. The van der Waals surface area contributed by atoms with E-state index in [1.54, 1.807) is 41.8 Å². The molecule has 2 heterocycles. The monoisotopic (exact) mass is 336 g/mol. The highest BCUT2D eigenvalue weighted by Crippen LogP contribution is 2.36. The molecule has 0 aromatic carbocycles. The number of hydrogen-bond donors (Lipinski definition) is 1. The maximum absolute atomic E-state index is 12.8. The van der Waals surface area contributed by atoms with Gasteiger partial charge in [0.05, 0.1) is 18.2 Å². The van der Waals surface area contributed by atoms with Crippen molar-refractivity contribution in [2.45, 2.75) is 31.7 Å². The number of piperidine rings is 1. The van der Waals surface area contributed by atoms with Crippen molar-refractivity contribution in [1.29, 1.82) is 0 Å². The van der Waals surface area contributed by atoms with E-state index < -0.39 is 5.97 Å². The van der Waals surface area contributed by atoms with Gasteiger partial charge in [-0.25, -0.2) is 0 Å². The summed E-state index contributed by atoms with van der Waals surface area (Å²) >= 11 is 0. The molecule has 1 aromatic rings. The van der Waals surface area contributed by atoms with Gasteiger partial charge in [0.1, 0.15) is 0 Å². The van der Waals surface area contributed by atoms with Gasteiger partial charge >= 0.3 is 5.97 Å². The van der Waals surface area contributed by atoms with E-state index in [9.17, 15) is 14.4 Å². The topological polar surface area (TPSA) is 95.7 Å². The highest BCUT2D eigenvalue weighted by Gasteiger charge is 2.40. The van der Waals surface area contributed by atoms with E-state index in [4.69, 9.17) is 5.11 Å². The fourth-order valence-electron chi connectivity index (χ4n) is 3.21. The summed E-state index contributed by atoms with van der Waals surface area (Å²) in [4.78, 5) is 38.7. The molecule has 132 valence electrons. The van der Waals surface area contributed by atoms with Crippen molar-refractivity contribution in [1.82, 2.24) is 19.6 Å². The molecule has 0 bridgehead atoms. The van der Waals surface area contributed by atoms with Crippen molar-refractivity contribution in [2.24, 2.45) is 13.0 Å². The Morgan fingerprint density at radius 2 is 2.12 bits per heavy atom. The highest BCUT2D eigenvalue weighted by atomic mass is 16.4. The first kappa shape index (κ1) is 18.0. The molecular weight excluding hydrogens is 312 g/mol. The molecule has 24 heavy (non-hydrogen) atoms. The highest BCUT2D eigenvalue weighted by molar-refractivity contribution is 5.84. The average molecular weight is 336 g/mol. The molecule has 0 radical (unpaired) electrons. The van der Waals surface area contributed by atoms with Crippen LogP contribution in [0.2, 0.25) is 0 Å². The Morgan fingerprint density at radius 3 is 2.71 bits per heavy atom. The van der Waals surface area contributed by atoms with Gasteiger partial charge in [0, 0.05) is 52.3 Å². The van der Waals surface area contributed by atoms with Crippen LogP contribution >= 0.6 is 0 Å². The Bertz CT molecular complexity index is 627. The van der Waals surface area contributed by atoms with Gasteiger partial charge in [0.2, 0.25) is 11.8 Å². The maximum atomic E-state index is 12.8. The number of carbonyl (C=O) groups is 3. The summed E-state index contributed by atoms with van der Waals surface area (Å²) in [5.41, 5.74) is 0.838. The molecule has 1 saturated heterocycles. The molecule has 1 aliphatic rings. The third kappa shape index (κ3) is 3.93. The zero-order chi connectivity index (χ0) is 17.9. The number of aliphatic carboxylic acids is 1. The fourth-order valence-corrected chi connectivity index (χ4v) is 3.21. The second-order valence-corrected chi connectivity index (χ2v) is 6.30. The summed E-state index contributed by atoms with van der Waals surface area (Å²) < 4.78 is 1.65. The number of likely N-dealkylation sites (tertiary alicyclic amines) is 1. The molecule has 1 fully saturated rings. The van der Waals surface area contributed by atoms with E-state index in [2.05, 4.69) is 5.10 Å². The van der Waals surface area contributed by atoms with Crippen LogP contribution in [0.4, 0.5) is 0 Å². The number of aryl methyl sites for hydroxylation is 1. The predicted molar refractivity (Wildman–Crippen MR) is 85.9 cm³/mol. The van der Waals surface area contributed by atoms with E-state index in [0.29, 0.717) is 25.8 Å². The summed E-state index contributed by atoms with van der Waals surface area (Å²) in [5, 5.41) is 12.9. The number of aromatic nitrogens is 2. The lowest BCUT2D eigenvalue weighted by Gasteiger charge is -2.39. The Kier molecular flexibility index (Phi) is 5.58. The molecule has 1 N–H and O–H groups in total. The smallest absolute Gasteiger partial charge is 0.303 e. The molecule has 2 rings (SSSR count). The van der Waals surface area contributed by atoms with Crippen molar-refractivity contribution < 1.29 is 19.5 Å². The van der Waals surface area contributed by atoms with Gasteiger partial charge < -0.3 is 14.9 Å². The molecule has 2 amide bonds. The molecule has 8 heteroatoms. The van der Waals surface area contributed by atoms with Crippen LogP contribution in [-0.4, -0.2) is 63.1 Å².